The van der Waals surface area contributed by atoms with Crippen LogP contribution >= 0.6 is 23.6 Å². The van der Waals surface area contributed by atoms with E-state index in [4.69, 9.17) is 28.3 Å². The number of carbonyl (C=O) groups excluding carboxylic acids is 2. The molecule has 0 saturated heterocycles. The normalized spacial score (nSPS) is 11.0. The van der Waals surface area contributed by atoms with E-state index in [1.165, 1.54) is 0 Å². The Morgan fingerprint density at radius 2 is 1.89 bits per heavy atom. The molecule has 0 saturated carbocycles. The van der Waals surface area contributed by atoms with Crippen LogP contribution in [0.5, 0.6) is 0 Å². The molecule has 1 amide bonds. The molecular weight excluding hydrogens is 289 g/mol. The van der Waals surface area contributed by atoms with Crippen molar-refractivity contribution < 1.29 is 14.3 Å². The topological polar surface area (TPSA) is 46.6 Å². The van der Waals surface area contributed by atoms with Gasteiger partial charge >= 0.3 is 5.97 Å². The van der Waals surface area contributed by atoms with Crippen molar-refractivity contribution in [3.05, 3.63) is 42.0 Å². The predicted octanol–water partition coefficient (Wildman–Crippen LogP) is 3.16. The second-order valence-corrected chi connectivity index (χ2v) is 4.48. The zero-order valence-corrected chi connectivity index (χ0v) is 11.8. The second kappa shape index (κ2) is 7.81. The van der Waals surface area contributed by atoms with E-state index >= 15 is 0 Å². The zero-order chi connectivity index (χ0) is 14.3. The first-order chi connectivity index (χ1) is 9.06. The molecular formula is C13H13Cl2NO3. The van der Waals surface area contributed by atoms with Gasteiger partial charge in [-0.05, 0) is 12.0 Å². The maximum Gasteiger partial charge on any atom is 0.331 e. The summed E-state index contributed by atoms with van der Waals surface area (Å²) in [5, 5.41) is 0. The van der Waals surface area contributed by atoms with Crippen LogP contribution in [-0.2, 0) is 14.3 Å². The SMILES string of the molecule is CCCOC(=O)/C=C(\C(=O)N(Cl)Cl)c1ccccc1. The molecule has 0 aliphatic rings. The summed E-state index contributed by atoms with van der Waals surface area (Å²) < 4.78 is 5.28. The number of rotatable bonds is 5. The van der Waals surface area contributed by atoms with E-state index in [0.717, 1.165) is 6.08 Å². The van der Waals surface area contributed by atoms with Gasteiger partial charge in [0.1, 0.15) is 0 Å². The third kappa shape index (κ3) is 4.93. The lowest BCUT2D eigenvalue weighted by Crippen LogP contribution is -2.15. The lowest BCUT2D eigenvalue weighted by Gasteiger charge is -2.09. The Balaban J connectivity index is 3.03. The standard InChI is InChI=1S/C13H13Cl2NO3/c1-2-8-19-12(17)9-11(13(18)16(14)15)10-6-4-3-5-7-10/h3-7,9H,2,8H2,1H3/b11-9-. The quantitative estimate of drug-likeness (QED) is 0.477. The Bertz CT molecular complexity index is 472. The molecule has 0 spiro atoms. The summed E-state index contributed by atoms with van der Waals surface area (Å²) in [4.78, 5) is 23.4. The smallest absolute Gasteiger partial charge is 0.331 e. The molecule has 0 aliphatic heterocycles. The fourth-order valence-corrected chi connectivity index (χ4v) is 1.52. The molecule has 1 aromatic rings. The highest BCUT2D eigenvalue weighted by molar-refractivity contribution is 6.47. The molecule has 1 rings (SSSR count). The van der Waals surface area contributed by atoms with E-state index in [0.29, 0.717) is 15.9 Å². The molecule has 0 heterocycles. The van der Waals surface area contributed by atoms with Crippen molar-refractivity contribution in [2.24, 2.45) is 0 Å². The lowest BCUT2D eigenvalue weighted by atomic mass is 10.1. The molecule has 0 atom stereocenters. The third-order valence-electron chi connectivity index (χ3n) is 2.18. The fourth-order valence-electron chi connectivity index (χ4n) is 1.34. The van der Waals surface area contributed by atoms with Crippen LogP contribution in [0.4, 0.5) is 0 Å². The molecule has 0 fully saturated rings. The van der Waals surface area contributed by atoms with Gasteiger partial charge in [0, 0.05) is 29.6 Å². The molecule has 0 unspecified atom stereocenters. The van der Waals surface area contributed by atoms with E-state index in [-0.39, 0.29) is 12.2 Å². The Labute approximate surface area is 121 Å². The van der Waals surface area contributed by atoms with E-state index in [9.17, 15) is 9.59 Å². The summed E-state index contributed by atoms with van der Waals surface area (Å²) >= 11 is 10.8. The highest BCUT2D eigenvalue weighted by Crippen LogP contribution is 2.19. The van der Waals surface area contributed by atoms with E-state index in [2.05, 4.69) is 0 Å². The van der Waals surface area contributed by atoms with Gasteiger partial charge in [0.25, 0.3) is 5.91 Å². The van der Waals surface area contributed by atoms with Gasteiger partial charge in [0.2, 0.25) is 0 Å². The number of carbonyl (C=O) groups is 2. The van der Waals surface area contributed by atoms with Gasteiger partial charge in [0.15, 0.2) is 0 Å². The summed E-state index contributed by atoms with van der Waals surface area (Å²) in [7, 11) is 0. The van der Waals surface area contributed by atoms with Crippen molar-refractivity contribution in [3.63, 3.8) is 0 Å². The van der Waals surface area contributed by atoms with Gasteiger partial charge in [-0.15, -0.1) is 0 Å². The van der Waals surface area contributed by atoms with Crippen molar-refractivity contribution in [1.29, 1.82) is 0 Å². The molecule has 6 heteroatoms. The first-order valence-corrected chi connectivity index (χ1v) is 6.33. The Morgan fingerprint density at radius 3 is 2.42 bits per heavy atom. The number of amides is 1. The Morgan fingerprint density at radius 1 is 1.26 bits per heavy atom. The first kappa shape index (κ1) is 15.5. The molecule has 0 N–H and O–H groups in total. The summed E-state index contributed by atoms with van der Waals surface area (Å²) in [5.41, 5.74) is 0.610. The molecule has 1 aromatic carbocycles. The highest BCUT2D eigenvalue weighted by Gasteiger charge is 2.18. The molecule has 0 aromatic heterocycles. The first-order valence-electron chi connectivity index (χ1n) is 5.66. The van der Waals surface area contributed by atoms with Crippen LogP contribution in [0, 0.1) is 0 Å². The predicted molar refractivity (Wildman–Crippen MR) is 74.2 cm³/mol. The number of hydrogen-bond donors (Lipinski definition) is 0. The number of benzene rings is 1. The molecule has 4 nitrogen and oxygen atoms in total. The van der Waals surface area contributed by atoms with Gasteiger partial charge in [-0.25, -0.2) is 4.79 Å². The number of ether oxygens (including phenoxy) is 1. The van der Waals surface area contributed by atoms with Crippen LogP contribution in [0.25, 0.3) is 5.57 Å². The van der Waals surface area contributed by atoms with E-state index in [1.807, 2.05) is 6.92 Å². The van der Waals surface area contributed by atoms with E-state index in [1.54, 1.807) is 30.3 Å². The van der Waals surface area contributed by atoms with Gasteiger partial charge in [0.05, 0.1) is 12.2 Å². The molecule has 0 bridgehead atoms. The summed E-state index contributed by atoms with van der Waals surface area (Å²) in [6, 6.07) is 8.61. The molecule has 102 valence electrons. The van der Waals surface area contributed by atoms with Crippen LogP contribution in [0.15, 0.2) is 36.4 Å². The van der Waals surface area contributed by atoms with Crippen molar-refractivity contribution >= 4 is 41.0 Å². The van der Waals surface area contributed by atoms with Crippen LogP contribution in [-0.4, -0.2) is 22.4 Å². The van der Waals surface area contributed by atoms with Gasteiger partial charge in [-0.3, -0.25) is 4.79 Å². The molecule has 19 heavy (non-hydrogen) atoms. The van der Waals surface area contributed by atoms with Gasteiger partial charge in [-0.2, -0.15) is 3.94 Å². The third-order valence-corrected chi connectivity index (χ3v) is 2.49. The number of nitrogens with zero attached hydrogens (tertiary/aromatic N) is 1. The average molecular weight is 302 g/mol. The highest BCUT2D eigenvalue weighted by atomic mass is 35.5. The minimum absolute atomic E-state index is 0.0757. The monoisotopic (exact) mass is 301 g/mol. The minimum Gasteiger partial charge on any atom is -0.463 e. The van der Waals surface area contributed by atoms with Crippen LogP contribution in [0.2, 0.25) is 0 Å². The van der Waals surface area contributed by atoms with Crippen LogP contribution < -0.4 is 0 Å². The van der Waals surface area contributed by atoms with Crippen LogP contribution in [0.1, 0.15) is 18.9 Å². The molecule has 0 radical (unpaired) electrons. The van der Waals surface area contributed by atoms with Crippen molar-refractivity contribution in [2.75, 3.05) is 6.61 Å². The Kier molecular flexibility index (Phi) is 6.39. The minimum atomic E-state index is -0.692. The number of esters is 1. The summed E-state index contributed by atoms with van der Waals surface area (Å²) in [5.74, 6) is -1.30. The average Bonchev–Trinajstić information content (AvgIpc) is 2.42. The number of halogens is 2. The molecule has 0 aliphatic carbocycles. The van der Waals surface area contributed by atoms with Crippen LogP contribution in [0.3, 0.4) is 0 Å². The fraction of sp³-hybridized carbons (Fsp3) is 0.231. The second-order valence-electron chi connectivity index (χ2n) is 3.63. The lowest BCUT2D eigenvalue weighted by molar-refractivity contribution is -0.137. The number of hydrogen-bond acceptors (Lipinski definition) is 3. The zero-order valence-electron chi connectivity index (χ0n) is 10.3. The van der Waals surface area contributed by atoms with E-state index < -0.39 is 11.9 Å². The van der Waals surface area contributed by atoms with Gasteiger partial charge in [-0.1, -0.05) is 37.3 Å². The maximum atomic E-state index is 11.8. The Hall–Kier alpha value is -1.52. The summed E-state index contributed by atoms with van der Waals surface area (Å²) in [6.45, 7) is 2.16. The van der Waals surface area contributed by atoms with Crippen molar-refractivity contribution in [1.82, 2.24) is 3.94 Å². The van der Waals surface area contributed by atoms with Crippen molar-refractivity contribution in [3.8, 4) is 0 Å². The van der Waals surface area contributed by atoms with Gasteiger partial charge < -0.3 is 4.74 Å². The summed E-state index contributed by atoms with van der Waals surface area (Å²) in [6.07, 6.45) is 1.79. The largest absolute Gasteiger partial charge is 0.463 e. The van der Waals surface area contributed by atoms with Crippen molar-refractivity contribution in [2.45, 2.75) is 13.3 Å². The maximum absolute atomic E-state index is 11.8.